The van der Waals surface area contributed by atoms with E-state index in [-0.39, 0.29) is 31.4 Å². The average Bonchev–Trinajstić information content (AvgIpc) is 2.68. The maximum absolute atomic E-state index is 12.8. The topological polar surface area (TPSA) is 66.9 Å². The number of esters is 1. The van der Waals surface area contributed by atoms with E-state index in [1.807, 2.05) is 60.7 Å². The van der Waals surface area contributed by atoms with Crippen molar-refractivity contribution in [1.29, 1.82) is 0 Å². The van der Waals surface area contributed by atoms with E-state index in [0.29, 0.717) is 6.54 Å². The van der Waals surface area contributed by atoms with E-state index in [1.165, 1.54) is 23.8 Å². The van der Waals surface area contributed by atoms with Gasteiger partial charge in [-0.25, -0.2) is 0 Å². The molecule has 0 aliphatic carbocycles. The van der Waals surface area contributed by atoms with Gasteiger partial charge < -0.3 is 14.5 Å². The molecule has 0 bridgehead atoms. The maximum Gasteiger partial charge on any atom is 0.325 e. The molecule has 0 radical (unpaired) electrons. The van der Waals surface area contributed by atoms with Crippen molar-refractivity contribution in [3.8, 4) is 0 Å². The number of amides is 2. The summed E-state index contributed by atoms with van der Waals surface area (Å²) in [7, 11) is 1.28. The Morgan fingerprint density at radius 2 is 1.26 bits per heavy atom. The minimum absolute atomic E-state index is 0.103. The Morgan fingerprint density at radius 1 is 0.778 bits per heavy atom. The lowest BCUT2D eigenvalue weighted by atomic mass is 10.2. The molecule has 0 saturated heterocycles. The van der Waals surface area contributed by atoms with Crippen molar-refractivity contribution in [2.24, 2.45) is 0 Å². The van der Waals surface area contributed by atoms with Crippen LogP contribution in [0.3, 0.4) is 0 Å². The third kappa shape index (κ3) is 6.58. The molecule has 6 heteroatoms. The van der Waals surface area contributed by atoms with Crippen molar-refractivity contribution in [2.45, 2.75) is 20.0 Å². The number of nitrogens with zero attached hydrogens (tertiary/aromatic N) is 2. The van der Waals surface area contributed by atoms with Gasteiger partial charge in [-0.15, -0.1) is 0 Å². The largest absolute Gasteiger partial charge is 0.468 e. The van der Waals surface area contributed by atoms with Crippen LogP contribution in [0.2, 0.25) is 0 Å². The summed E-state index contributed by atoms with van der Waals surface area (Å²) in [6, 6.07) is 18.8. The molecular weight excluding hydrogens is 344 g/mol. The maximum atomic E-state index is 12.8. The van der Waals surface area contributed by atoms with Crippen LogP contribution in [0.25, 0.3) is 0 Å². The fourth-order valence-electron chi connectivity index (χ4n) is 2.60. The van der Waals surface area contributed by atoms with Crippen molar-refractivity contribution in [3.63, 3.8) is 0 Å². The number of carbonyl (C=O) groups is 3. The molecule has 2 rings (SSSR count). The molecule has 0 unspecified atom stereocenters. The highest BCUT2D eigenvalue weighted by molar-refractivity contribution is 5.86. The van der Waals surface area contributed by atoms with E-state index in [1.54, 1.807) is 0 Å². The van der Waals surface area contributed by atoms with Crippen molar-refractivity contribution < 1.29 is 19.1 Å². The monoisotopic (exact) mass is 368 g/mol. The van der Waals surface area contributed by atoms with Crippen LogP contribution in [0.5, 0.6) is 0 Å². The molecule has 0 N–H and O–H groups in total. The van der Waals surface area contributed by atoms with Gasteiger partial charge in [0.2, 0.25) is 11.8 Å². The van der Waals surface area contributed by atoms with Gasteiger partial charge in [0, 0.05) is 20.0 Å². The molecule has 0 aromatic heterocycles. The van der Waals surface area contributed by atoms with Crippen molar-refractivity contribution in [3.05, 3.63) is 71.8 Å². The molecule has 0 fully saturated rings. The number of rotatable bonds is 8. The van der Waals surface area contributed by atoms with Gasteiger partial charge in [-0.3, -0.25) is 14.4 Å². The Hall–Kier alpha value is -3.15. The van der Waals surface area contributed by atoms with Gasteiger partial charge in [0.15, 0.2) is 0 Å². The van der Waals surface area contributed by atoms with Gasteiger partial charge >= 0.3 is 5.97 Å². The Bertz CT molecular complexity index is 762. The number of benzene rings is 2. The quantitative estimate of drug-likeness (QED) is 0.670. The summed E-state index contributed by atoms with van der Waals surface area (Å²) in [5.74, 6) is -1.02. The van der Waals surface area contributed by atoms with Gasteiger partial charge in [-0.1, -0.05) is 60.7 Å². The first-order valence-electron chi connectivity index (χ1n) is 8.67. The normalized spacial score (nSPS) is 10.1. The van der Waals surface area contributed by atoms with Crippen LogP contribution >= 0.6 is 0 Å². The predicted molar refractivity (Wildman–Crippen MR) is 101 cm³/mol. The summed E-state index contributed by atoms with van der Waals surface area (Å²) in [6.07, 6.45) is 0. The van der Waals surface area contributed by atoms with Gasteiger partial charge in [-0.2, -0.15) is 0 Å². The molecule has 2 aromatic carbocycles. The fraction of sp³-hybridized carbons (Fsp3) is 0.286. The van der Waals surface area contributed by atoms with Gasteiger partial charge in [0.25, 0.3) is 0 Å². The molecule has 6 nitrogen and oxygen atoms in total. The summed E-state index contributed by atoms with van der Waals surface area (Å²) in [6.45, 7) is 1.76. The zero-order valence-corrected chi connectivity index (χ0v) is 15.6. The van der Waals surface area contributed by atoms with Gasteiger partial charge in [-0.05, 0) is 11.1 Å². The Morgan fingerprint density at radius 3 is 1.70 bits per heavy atom. The summed E-state index contributed by atoms with van der Waals surface area (Å²) in [5, 5.41) is 0. The number of hydrogen-bond acceptors (Lipinski definition) is 4. The molecule has 0 saturated carbocycles. The van der Waals surface area contributed by atoms with E-state index < -0.39 is 5.97 Å². The minimum Gasteiger partial charge on any atom is -0.468 e. The molecule has 0 aliphatic rings. The van der Waals surface area contributed by atoms with Crippen LogP contribution in [0.1, 0.15) is 18.1 Å². The standard InChI is InChI=1S/C21H24N2O4/c1-17(24)22(13-18-9-5-3-6-10-18)15-20(25)23(16-21(26)27-2)14-19-11-7-4-8-12-19/h3-12H,13-16H2,1-2H3. The van der Waals surface area contributed by atoms with Crippen LogP contribution in [0.15, 0.2) is 60.7 Å². The highest BCUT2D eigenvalue weighted by Crippen LogP contribution is 2.09. The molecule has 2 aromatic rings. The number of ether oxygens (including phenoxy) is 1. The van der Waals surface area contributed by atoms with Crippen molar-refractivity contribution in [2.75, 3.05) is 20.2 Å². The number of methoxy groups -OCH3 is 1. The Kier molecular flexibility index (Phi) is 7.55. The van der Waals surface area contributed by atoms with Gasteiger partial charge in [0.05, 0.1) is 7.11 Å². The lowest BCUT2D eigenvalue weighted by Gasteiger charge is -2.26. The fourth-order valence-corrected chi connectivity index (χ4v) is 2.60. The highest BCUT2D eigenvalue weighted by Gasteiger charge is 2.22. The first-order chi connectivity index (χ1) is 13.0. The average molecular weight is 368 g/mol. The van der Waals surface area contributed by atoms with E-state index in [2.05, 4.69) is 0 Å². The Labute approximate surface area is 159 Å². The molecule has 0 aliphatic heterocycles. The van der Waals surface area contributed by atoms with Crippen LogP contribution in [-0.2, 0) is 32.2 Å². The second kappa shape index (κ2) is 10.1. The van der Waals surface area contributed by atoms with Gasteiger partial charge in [0.1, 0.15) is 13.1 Å². The van der Waals surface area contributed by atoms with E-state index in [9.17, 15) is 14.4 Å². The summed E-state index contributed by atoms with van der Waals surface area (Å²) >= 11 is 0. The van der Waals surface area contributed by atoms with Crippen LogP contribution in [-0.4, -0.2) is 47.8 Å². The third-order valence-electron chi connectivity index (χ3n) is 4.10. The molecule has 2 amide bonds. The summed E-state index contributed by atoms with van der Waals surface area (Å²) in [5.41, 5.74) is 1.83. The third-order valence-corrected chi connectivity index (χ3v) is 4.10. The summed E-state index contributed by atoms with van der Waals surface area (Å²) in [4.78, 5) is 39.4. The predicted octanol–water partition coefficient (Wildman–Crippen LogP) is 2.24. The molecular formula is C21H24N2O4. The SMILES string of the molecule is COC(=O)CN(Cc1ccccc1)C(=O)CN(Cc1ccccc1)C(C)=O. The van der Waals surface area contributed by atoms with Crippen LogP contribution < -0.4 is 0 Å². The molecule has 0 atom stereocenters. The second-order valence-corrected chi connectivity index (χ2v) is 6.17. The molecule has 142 valence electrons. The van der Waals surface area contributed by atoms with E-state index in [0.717, 1.165) is 11.1 Å². The zero-order valence-electron chi connectivity index (χ0n) is 15.6. The van der Waals surface area contributed by atoms with Crippen LogP contribution in [0.4, 0.5) is 0 Å². The summed E-state index contributed by atoms with van der Waals surface area (Å²) < 4.78 is 4.70. The van der Waals surface area contributed by atoms with E-state index >= 15 is 0 Å². The lowest BCUT2D eigenvalue weighted by molar-refractivity contribution is -0.148. The van der Waals surface area contributed by atoms with Crippen LogP contribution in [0, 0.1) is 0 Å². The first kappa shape index (κ1) is 20.2. The molecule has 27 heavy (non-hydrogen) atoms. The lowest BCUT2D eigenvalue weighted by Crippen LogP contribution is -2.43. The zero-order chi connectivity index (χ0) is 19.6. The van der Waals surface area contributed by atoms with Crippen molar-refractivity contribution in [1.82, 2.24) is 9.80 Å². The Balaban J connectivity index is 2.11. The number of hydrogen-bond donors (Lipinski definition) is 0. The smallest absolute Gasteiger partial charge is 0.325 e. The second-order valence-electron chi connectivity index (χ2n) is 6.17. The first-order valence-corrected chi connectivity index (χ1v) is 8.67. The molecule has 0 heterocycles. The number of carbonyl (C=O) groups excluding carboxylic acids is 3. The van der Waals surface area contributed by atoms with E-state index in [4.69, 9.17) is 4.74 Å². The highest BCUT2D eigenvalue weighted by atomic mass is 16.5. The minimum atomic E-state index is -0.503. The molecule has 0 spiro atoms. The van der Waals surface area contributed by atoms with Crippen molar-refractivity contribution >= 4 is 17.8 Å².